The summed E-state index contributed by atoms with van der Waals surface area (Å²) in [6, 6.07) is 13.7. The van der Waals surface area contributed by atoms with E-state index in [9.17, 15) is 19.2 Å². The van der Waals surface area contributed by atoms with Crippen LogP contribution in [0.25, 0.3) is 0 Å². The molecule has 1 fully saturated rings. The van der Waals surface area contributed by atoms with E-state index < -0.39 is 12.1 Å². The molecule has 6 nitrogen and oxygen atoms in total. The van der Waals surface area contributed by atoms with E-state index >= 15 is 0 Å². The van der Waals surface area contributed by atoms with E-state index in [1.807, 2.05) is 19.1 Å². The van der Waals surface area contributed by atoms with Gasteiger partial charge in [0.15, 0.2) is 6.10 Å². The number of ketones is 1. The van der Waals surface area contributed by atoms with E-state index in [0.29, 0.717) is 11.1 Å². The van der Waals surface area contributed by atoms with Crippen molar-refractivity contribution in [2.75, 3.05) is 0 Å². The van der Waals surface area contributed by atoms with Crippen LogP contribution in [0, 0.1) is 0 Å². The van der Waals surface area contributed by atoms with Gasteiger partial charge in [-0.05, 0) is 36.6 Å². The zero-order valence-electron chi connectivity index (χ0n) is 16.5. The molecule has 29 heavy (non-hydrogen) atoms. The van der Waals surface area contributed by atoms with Gasteiger partial charge in [-0.2, -0.15) is 0 Å². The lowest BCUT2D eigenvalue weighted by Crippen LogP contribution is -2.28. The number of carbonyl (C=O) groups excluding carboxylic acids is 4. The lowest BCUT2D eigenvalue weighted by molar-refractivity contribution is -0.139. The molecule has 1 aliphatic rings. The highest BCUT2D eigenvalue weighted by molar-refractivity contribution is 6.02. The minimum Gasteiger partial charge on any atom is -0.451 e. The molecule has 2 aromatic rings. The second kappa shape index (κ2) is 8.82. The number of nitrogens with zero attached hydrogens (tertiary/aromatic N) is 1. The Morgan fingerprint density at radius 1 is 0.897 bits per heavy atom. The van der Waals surface area contributed by atoms with Gasteiger partial charge in [0.05, 0.1) is 12.1 Å². The van der Waals surface area contributed by atoms with Crippen molar-refractivity contribution < 1.29 is 23.9 Å². The second-order valence-corrected chi connectivity index (χ2v) is 7.03. The first-order valence-corrected chi connectivity index (χ1v) is 9.65. The second-order valence-electron chi connectivity index (χ2n) is 7.03. The normalized spacial score (nSPS) is 14.8. The summed E-state index contributed by atoms with van der Waals surface area (Å²) in [6.45, 7) is 3.77. The molecule has 6 heteroatoms. The van der Waals surface area contributed by atoms with Crippen molar-refractivity contribution in [1.29, 1.82) is 0 Å². The zero-order chi connectivity index (χ0) is 21.0. The van der Waals surface area contributed by atoms with Gasteiger partial charge >= 0.3 is 5.97 Å². The van der Waals surface area contributed by atoms with Crippen molar-refractivity contribution in [1.82, 2.24) is 4.90 Å². The van der Waals surface area contributed by atoms with Crippen molar-refractivity contribution in [2.24, 2.45) is 0 Å². The first kappa shape index (κ1) is 20.5. The van der Waals surface area contributed by atoms with E-state index in [4.69, 9.17) is 4.74 Å². The molecule has 1 aliphatic heterocycles. The molecule has 0 aliphatic carbocycles. The molecule has 1 saturated heterocycles. The average molecular weight is 393 g/mol. The fraction of sp³-hybridized carbons (Fsp3) is 0.304. The van der Waals surface area contributed by atoms with Crippen LogP contribution in [0.2, 0.25) is 0 Å². The Kier molecular flexibility index (Phi) is 6.22. The summed E-state index contributed by atoms with van der Waals surface area (Å²) < 4.78 is 5.31. The van der Waals surface area contributed by atoms with Crippen molar-refractivity contribution in [3.63, 3.8) is 0 Å². The number of likely N-dealkylation sites (tertiary alicyclic amines) is 1. The molecule has 0 spiro atoms. The van der Waals surface area contributed by atoms with E-state index in [-0.39, 0.29) is 37.0 Å². The number of ether oxygens (including phenoxy) is 1. The summed E-state index contributed by atoms with van der Waals surface area (Å²) in [5, 5.41) is 0. The van der Waals surface area contributed by atoms with E-state index in [1.165, 1.54) is 4.90 Å². The van der Waals surface area contributed by atoms with E-state index in [1.54, 1.807) is 43.3 Å². The van der Waals surface area contributed by atoms with Crippen LogP contribution in [0.4, 0.5) is 0 Å². The number of rotatable bonds is 7. The van der Waals surface area contributed by atoms with Gasteiger partial charge in [0.1, 0.15) is 0 Å². The number of aryl methyl sites for hydroxylation is 1. The molecule has 0 unspecified atom stereocenters. The van der Waals surface area contributed by atoms with Crippen molar-refractivity contribution >= 4 is 23.6 Å². The quantitative estimate of drug-likeness (QED) is 0.409. The molecule has 1 atom stereocenters. The lowest BCUT2D eigenvalue weighted by Gasteiger charge is -2.15. The van der Waals surface area contributed by atoms with Gasteiger partial charge in [-0.1, -0.05) is 43.3 Å². The van der Waals surface area contributed by atoms with Gasteiger partial charge in [-0.25, -0.2) is 4.79 Å². The van der Waals surface area contributed by atoms with Crippen LogP contribution in [-0.4, -0.2) is 34.6 Å². The summed E-state index contributed by atoms with van der Waals surface area (Å²) in [7, 11) is 0. The third kappa shape index (κ3) is 4.77. The van der Waals surface area contributed by atoms with Crippen molar-refractivity contribution in [3.05, 3.63) is 70.8 Å². The van der Waals surface area contributed by atoms with Crippen LogP contribution in [0.1, 0.15) is 58.5 Å². The summed E-state index contributed by atoms with van der Waals surface area (Å²) in [4.78, 5) is 49.5. The number of carbonyl (C=O) groups is 4. The molecule has 2 amide bonds. The molecule has 0 saturated carbocycles. The highest BCUT2D eigenvalue weighted by atomic mass is 16.5. The molecule has 0 aromatic heterocycles. The monoisotopic (exact) mass is 393 g/mol. The number of esters is 1. The maximum absolute atomic E-state index is 12.5. The van der Waals surface area contributed by atoms with Gasteiger partial charge in [0.2, 0.25) is 17.6 Å². The molecule has 1 heterocycles. The largest absolute Gasteiger partial charge is 0.451 e. The number of amides is 2. The Morgan fingerprint density at radius 3 is 1.97 bits per heavy atom. The Labute approximate surface area is 169 Å². The number of imide groups is 1. The van der Waals surface area contributed by atoms with Gasteiger partial charge in [-0.3, -0.25) is 19.3 Å². The van der Waals surface area contributed by atoms with Crippen LogP contribution < -0.4 is 0 Å². The Morgan fingerprint density at radius 2 is 1.41 bits per heavy atom. The average Bonchev–Trinajstić information content (AvgIpc) is 3.05. The molecular weight excluding hydrogens is 370 g/mol. The highest BCUT2D eigenvalue weighted by Gasteiger charge is 2.28. The topological polar surface area (TPSA) is 80.8 Å². The minimum atomic E-state index is -0.908. The lowest BCUT2D eigenvalue weighted by atomic mass is 10.0. The van der Waals surface area contributed by atoms with Gasteiger partial charge < -0.3 is 4.74 Å². The molecule has 2 aromatic carbocycles. The van der Waals surface area contributed by atoms with Gasteiger partial charge in [-0.15, -0.1) is 0 Å². The summed E-state index contributed by atoms with van der Waals surface area (Å²) >= 11 is 0. The van der Waals surface area contributed by atoms with Crippen molar-refractivity contribution in [3.8, 4) is 0 Å². The predicted octanol–water partition coefficient (Wildman–Crippen LogP) is 3.33. The molecule has 0 radical (unpaired) electrons. The maximum atomic E-state index is 12.5. The third-order valence-electron chi connectivity index (χ3n) is 4.98. The number of hydrogen-bond acceptors (Lipinski definition) is 5. The maximum Gasteiger partial charge on any atom is 0.338 e. The van der Waals surface area contributed by atoms with Crippen LogP contribution in [0.3, 0.4) is 0 Å². The highest BCUT2D eigenvalue weighted by Crippen LogP contribution is 2.17. The molecule has 0 bridgehead atoms. The van der Waals surface area contributed by atoms with Gasteiger partial charge in [0, 0.05) is 18.4 Å². The third-order valence-corrected chi connectivity index (χ3v) is 4.98. The first-order valence-electron chi connectivity index (χ1n) is 9.65. The van der Waals surface area contributed by atoms with E-state index in [0.717, 1.165) is 17.5 Å². The number of hydrogen-bond donors (Lipinski definition) is 0. The summed E-state index contributed by atoms with van der Waals surface area (Å²) in [5.74, 6) is -1.23. The molecule has 3 rings (SSSR count). The zero-order valence-corrected chi connectivity index (χ0v) is 16.5. The van der Waals surface area contributed by atoms with E-state index in [2.05, 4.69) is 0 Å². The van der Waals surface area contributed by atoms with Crippen LogP contribution in [-0.2, 0) is 27.3 Å². The molecule has 150 valence electrons. The summed E-state index contributed by atoms with van der Waals surface area (Å²) in [5.41, 5.74) is 2.67. The standard InChI is InChI=1S/C23H23NO5/c1-3-16-4-8-18(9-5-16)22(27)15(2)29-23(28)19-10-6-17(7-11-19)14-24-20(25)12-13-21(24)26/h4-11,15H,3,12-14H2,1-2H3/t15-/m1/s1. The van der Waals surface area contributed by atoms with Gasteiger partial charge in [0.25, 0.3) is 0 Å². The Balaban J connectivity index is 1.60. The summed E-state index contributed by atoms with van der Waals surface area (Å²) in [6.07, 6.45) is 0.469. The Bertz CT molecular complexity index is 915. The smallest absolute Gasteiger partial charge is 0.338 e. The fourth-order valence-corrected chi connectivity index (χ4v) is 3.15. The Hall–Kier alpha value is -3.28. The van der Waals surface area contributed by atoms with Crippen LogP contribution in [0.15, 0.2) is 48.5 Å². The SMILES string of the molecule is CCc1ccc(C(=O)[C@@H](C)OC(=O)c2ccc(CN3C(=O)CCC3=O)cc2)cc1. The fourth-order valence-electron chi connectivity index (χ4n) is 3.15. The molecule has 0 N–H and O–H groups in total. The van der Waals surface area contributed by atoms with Crippen molar-refractivity contribution in [2.45, 2.75) is 45.8 Å². The number of benzene rings is 2. The minimum absolute atomic E-state index is 0.183. The van der Waals surface area contributed by atoms with Crippen LogP contribution in [0.5, 0.6) is 0 Å². The molecular formula is C23H23NO5. The predicted molar refractivity (Wildman–Crippen MR) is 106 cm³/mol. The van der Waals surface area contributed by atoms with Crippen LogP contribution >= 0.6 is 0 Å². The first-order chi connectivity index (χ1) is 13.9. The number of Topliss-reactive ketones (excluding diaryl/α,β-unsaturated/α-hetero) is 1.